The molecule has 0 radical (unpaired) electrons. The summed E-state index contributed by atoms with van der Waals surface area (Å²) in [7, 11) is 0. The summed E-state index contributed by atoms with van der Waals surface area (Å²) in [6, 6.07) is 27.5. The lowest BCUT2D eigenvalue weighted by Gasteiger charge is -2.30. The van der Waals surface area contributed by atoms with Crippen LogP contribution in [0.1, 0.15) is 56.2 Å². The Morgan fingerprint density at radius 3 is 2.15 bits per heavy atom. The van der Waals surface area contributed by atoms with Gasteiger partial charge >= 0.3 is 0 Å². The Morgan fingerprint density at radius 2 is 1.48 bits per heavy atom. The molecule has 1 unspecified atom stereocenters. The molecule has 0 saturated carbocycles. The van der Waals surface area contributed by atoms with Gasteiger partial charge in [0.1, 0.15) is 18.4 Å². The van der Waals surface area contributed by atoms with Gasteiger partial charge in [-0.25, -0.2) is 0 Å². The Kier molecular flexibility index (Phi) is 12.6. The molecule has 5 rings (SSSR count). The zero-order valence-electron chi connectivity index (χ0n) is 27.3. The standard InChI is InChI=1S/C38H50N4O4/c1-28(2)23-35(39-32-18-21-45-22-19-32)38(44)41-36(24-29-13-15-34(16-14-29)46-27-31-11-7-4-8-12-31)37(43)40-33-17-20-42(26-33)25-30-9-5-3-6-10-30/h3-16,28,32-33,35-36,39H,17-27H2,1-2H3,(H,40,43)(H,41,44)/t33?,35-,36-/m0/s1. The maximum Gasteiger partial charge on any atom is 0.243 e. The first-order valence-corrected chi connectivity index (χ1v) is 16.9. The van der Waals surface area contributed by atoms with Crippen molar-refractivity contribution in [3.05, 3.63) is 102 Å². The van der Waals surface area contributed by atoms with E-state index in [4.69, 9.17) is 9.47 Å². The summed E-state index contributed by atoms with van der Waals surface area (Å²) in [6.45, 7) is 8.71. The van der Waals surface area contributed by atoms with Crippen molar-refractivity contribution in [1.82, 2.24) is 20.9 Å². The molecule has 0 aromatic heterocycles. The van der Waals surface area contributed by atoms with Gasteiger partial charge in [-0.05, 0) is 60.4 Å². The van der Waals surface area contributed by atoms with E-state index in [1.165, 1.54) is 5.56 Å². The number of carbonyl (C=O) groups excluding carboxylic acids is 2. The molecule has 0 spiro atoms. The Bertz CT molecular complexity index is 1350. The van der Waals surface area contributed by atoms with Crippen LogP contribution in [-0.2, 0) is 33.9 Å². The first kappa shape index (κ1) is 33.6. The van der Waals surface area contributed by atoms with Crippen LogP contribution in [0.5, 0.6) is 5.75 Å². The molecular weight excluding hydrogens is 576 g/mol. The second-order valence-electron chi connectivity index (χ2n) is 13.1. The van der Waals surface area contributed by atoms with Gasteiger partial charge in [-0.2, -0.15) is 0 Å². The summed E-state index contributed by atoms with van der Waals surface area (Å²) in [5.41, 5.74) is 3.33. The molecule has 246 valence electrons. The van der Waals surface area contributed by atoms with Crippen LogP contribution in [0.3, 0.4) is 0 Å². The number of amides is 2. The average Bonchev–Trinajstić information content (AvgIpc) is 3.51. The van der Waals surface area contributed by atoms with Gasteiger partial charge in [-0.3, -0.25) is 14.5 Å². The molecule has 3 N–H and O–H groups in total. The van der Waals surface area contributed by atoms with Crippen molar-refractivity contribution in [2.75, 3.05) is 26.3 Å². The zero-order valence-corrected chi connectivity index (χ0v) is 27.3. The van der Waals surface area contributed by atoms with E-state index in [0.29, 0.717) is 38.6 Å². The summed E-state index contributed by atoms with van der Waals surface area (Å²) in [6.07, 6.45) is 3.73. The number of carbonyl (C=O) groups is 2. The van der Waals surface area contributed by atoms with Crippen molar-refractivity contribution >= 4 is 11.8 Å². The molecule has 2 aliphatic heterocycles. The lowest BCUT2D eigenvalue weighted by molar-refractivity contribution is -0.130. The normalized spacial score (nSPS) is 18.6. The fourth-order valence-electron chi connectivity index (χ4n) is 6.29. The van der Waals surface area contributed by atoms with Crippen LogP contribution >= 0.6 is 0 Å². The van der Waals surface area contributed by atoms with Crippen molar-refractivity contribution in [3.8, 4) is 5.75 Å². The number of ether oxygens (including phenoxy) is 2. The van der Waals surface area contributed by atoms with E-state index in [-0.39, 0.29) is 29.9 Å². The third-order valence-electron chi connectivity index (χ3n) is 8.79. The third-order valence-corrected chi connectivity index (χ3v) is 8.79. The average molecular weight is 627 g/mol. The van der Waals surface area contributed by atoms with Crippen molar-refractivity contribution in [1.29, 1.82) is 0 Å². The number of hydrogen-bond acceptors (Lipinski definition) is 6. The molecule has 0 bridgehead atoms. The molecule has 8 nitrogen and oxygen atoms in total. The molecule has 3 aromatic carbocycles. The predicted molar refractivity (Wildman–Crippen MR) is 181 cm³/mol. The fourth-order valence-corrected chi connectivity index (χ4v) is 6.29. The number of hydrogen-bond donors (Lipinski definition) is 3. The van der Waals surface area contributed by atoms with Gasteiger partial charge in [0.15, 0.2) is 0 Å². The number of nitrogens with zero attached hydrogens (tertiary/aromatic N) is 1. The molecule has 2 saturated heterocycles. The lowest BCUT2D eigenvalue weighted by atomic mass is 9.99. The molecule has 2 aliphatic rings. The van der Waals surface area contributed by atoms with Crippen LogP contribution in [0.25, 0.3) is 0 Å². The predicted octanol–water partition coefficient (Wildman–Crippen LogP) is 4.87. The molecule has 3 aromatic rings. The molecule has 2 fully saturated rings. The second-order valence-corrected chi connectivity index (χ2v) is 13.1. The first-order chi connectivity index (χ1) is 22.4. The van der Waals surface area contributed by atoms with E-state index in [9.17, 15) is 9.59 Å². The fraction of sp³-hybridized carbons (Fsp3) is 0.474. The molecule has 8 heteroatoms. The maximum atomic E-state index is 13.9. The zero-order chi connectivity index (χ0) is 32.1. The SMILES string of the molecule is CC(C)C[C@H](NC1CCOCC1)C(=O)N[C@@H](Cc1ccc(OCc2ccccc2)cc1)C(=O)NC1CCN(Cc2ccccc2)C1. The molecule has 3 atom stereocenters. The minimum atomic E-state index is -0.696. The monoisotopic (exact) mass is 626 g/mol. The van der Waals surface area contributed by atoms with Crippen molar-refractivity contribution < 1.29 is 19.1 Å². The number of nitrogens with one attached hydrogen (secondary N) is 3. The highest BCUT2D eigenvalue weighted by Gasteiger charge is 2.31. The Balaban J connectivity index is 1.24. The largest absolute Gasteiger partial charge is 0.489 e. The van der Waals surface area contributed by atoms with E-state index in [2.05, 4.69) is 59.0 Å². The maximum absolute atomic E-state index is 13.9. The van der Waals surface area contributed by atoms with Gasteiger partial charge in [0.2, 0.25) is 11.8 Å². The lowest BCUT2D eigenvalue weighted by Crippen LogP contribution is -2.57. The van der Waals surface area contributed by atoms with Crippen LogP contribution in [-0.4, -0.2) is 67.2 Å². The van der Waals surface area contributed by atoms with Gasteiger partial charge in [0, 0.05) is 51.4 Å². The summed E-state index contributed by atoms with van der Waals surface area (Å²) in [5.74, 6) is 0.826. The van der Waals surface area contributed by atoms with Crippen LogP contribution in [0.4, 0.5) is 0 Å². The number of likely N-dealkylation sites (tertiary alicyclic amines) is 1. The van der Waals surface area contributed by atoms with E-state index >= 15 is 0 Å². The Morgan fingerprint density at radius 1 is 0.804 bits per heavy atom. The molecule has 2 amide bonds. The van der Waals surface area contributed by atoms with Crippen LogP contribution in [0.2, 0.25) is 0 Å². The van der Waals surface area contributed by atoms with Crippen molar-refractivity contribution in [2.24, 2.45) is 5.92 Å². The minimum absolute atomic E-state index is 0.0381. The van der Waals surface area contributed by atoms with E-state index < -0.39 is 6.04 Å². The molecule has 2 heterocycles. The van der Waals surface area contributed by atoms with Gasteiger partial charge in [-0.15, -0.1) is 0 Å². The van der Waals surface area contributed by atoms with E-state index in [1.807, 2.05) is 60.7 Å². The highest BCUT2D eigenvalue weighted by atomic mass is 16.5. The summed E-state index contributed by atoms with van der Waals surface area (Å²) >= 11 is 0. The van der Waals surface area contributed by atoms with Crippen LogP contribution in [0, 0.1) is 5.92 Å². The van der Waals surface area contributed by atoms with Gasteiger partial charge in [0.05, 0.1) is 6.04 Å². The molecule has 46 heavy (non-hydrogen) atoms. The summed E-state index contributed by atoms with van der Waals surface area (Å²) in [4.78, 5) is 30.0. The number of benzene rings is 3. The van der Waals surface area contributed by atoms with Crippen molar-refractivity contribution in [3.63, 3.8) is 0 Å². The minimum Gasteiger partial charge on any atom is -0.489 e. The summed E-state index contributed by atoms with van der Waals surface area (Å²) < 4.78 is 11.5. The third kappa shape index (κ3) is 10.7. The quantitative estimate of drug-likeness (QED) is 0.223. The van der Waals surface area contributed by atoms with Crippen LogP contribution < -0.4 is 20.7 Å². The smallest absolute Gasteiger partial charge is 0.243 e. The summed E-state index contributed by atoms with van der Waals surface area (Å²) in [5, 5.41) is 10.0. The highest BCUT2D eigenvalue weighted by molar-refractivity contribution is 5.90. The molecule has 0 aliphatic carbocycles. The highest BCUT2D eigenvalue weighted by Crippen LogP contribution is 2.18. The van der Waals surface area contributed by atoms with Gasteiger partial charge < -0.3 is 25.4 Å². The first-order valence-electron chi connectivity index (χ1n) is 16.9. The van der Waals surface area contributed by atoms with Crippen LogP contribution in [0.15, 0.2) is 84.9 Å². The van der Waals surface area contributed by atoms with Gasteiger partial charge in [0.25, 0.3) is 0 Å². The van der Waals surface area contributed by atoms with Gasteiger partial charge in [-0.1, -0.05) is 86.6 Å². The molecular formula is C38H50N4O4. The van der Waals surface area contributed by atoms with E-state index in [1.54, 1.807) is 0 Å². The Hall–Kier alpha value is -3.72. The Labute approximate surface area is 274 Å². The van der Waals surface area contributed by atoms with Crippen molar-refractivity contribution in [2.45, 2.75) is 83.3 Å². The topological polar surface area (TPSA) is 91.9 Å². The van der Waals surface area contributed by atoms with E-state index in [0.717, 1.165) is 55.8 Å². The number of rotatable bonds is 15. The second kappa shape index (κ2) is 17.3.